The number of nitrogens with zero attached hydrogens (tertiary/aromatic N) is 2. The maximum absolute atomic E-state index is 13.7. The summed E-state index contributed by atoms with van der Waals surface area (Å²) in [7, 11) is 0. The Hall–Kier alpha value is -2.75. The van der Waals surface area contributed by atoms with E-state index in [2.05, 4.69) is 43.4 Å². The van der Waals surface area contributed by atoms with Crippen LogP contribution in [0.15, 0.2) is 85.1 Å². The molecule has 0 fully saturated rings. The minimum Gasteiger partial charge on any atom is -0.489 e. The molecule has 1 aromatic heterocycles. The van der Waals surface area contributed by atoms with E-state index in [-0.39, 0.29) is 12.2 Å². The van der Waals surface area contributed by atoms with Gasteiger partial charge >= 0.3 is 5.97 Å². The third kappa shape index (κ3) is 5.27. The zero-order valence-electron chi connectivity index (χ0n) is 19.1. The highest BCUT2D eigenvalue weighted by atomic mass is 79.9. The van der Waals surface area contributed by atoms with Gasteiger partial charge in [0.15, 0.2) is 4.80 Å². The van der Waals surface area contributed by atoms with Gasteiger partial charge < -0.3 is 9.47 Å². The molecule has 2 heterocycles. The molecular weight excluding hydrogens is 596 g/mol. The normalized spacial score (nSPS) is 15.4. The summed E-state index contributed by atoms with van der Waals surface area (Å²) in [6, 6.07) is 12.5. The van der Waals surface area contributed by atoms with E-state index in [0.29, 0.717) is 33.0 Å². The molecular formula is C26H22Br2N2O4S. The lowest BCUT2D eigenvalue weighted by molar-refractivity contribution is -0.139. The molecule has 3 aromatic rings. The number of carbonyl (C=O) groups is 1. The van der Waals surface area contributed by atoms with Gasteiger partial charge in [0.05, 0.1) is 28.5 Å². The number of fused-ring (bicyclic) bond motifs is 1. The molecule has 1 aliphatic heterocycles. The number of esters is 1. The minimum absolute atomic E-state index is 0.226. The van der Waals surface area contributed by atoms with Gasteiger partial charge in [0.25, 0.3) is 5.56 Å². The van der Waals surface area contributed by atoms with Crippen LogP contribution in [0.5, 0.6) is 5.75 Å². The summed E-state index contributed by atoms with van der Waals surface area (Å²) >= 11 is 8.21. The summed E-state index contributed by atoms with van der Waals surface area (Å²) < 4.78 is 14.9. The topological polar surface area (TPSA) is 69.9 Å². The van der Waals surface area contributed by atoms with Crippen molar-refractivity contribution in [3.8, 4) is 5.75 Å². The Morgan fingerprint density at radius 3 is 2.60 bits per heavy atom. The fourth-order valence-corrected chi connectivity index (χ4v) is 5.49. The SMILES string of the molecule is C=CCOc1ccc(Br)cc1C=c1sc2n(c1=O)C(c1ccc(Br)cc1)C(C(=O)OCC)=C(C)N=2. The standard InChI is InChI=1S/C26H22Br2N2O4S/c1-4-12-34-20-11-10-19(28)13-17(20)14-21-24(31)30-23(16-6-8-18(27)9-7-16)22(25(32)33-5-2)15(3)29-26(30)35-21/h4,6-11,13-14,23H,1,5,12H2,2-3H3. The molecule has 0 aliphatic carbocycles. The highest BCUT2D eigenvalue weighted by molar-refractivity contribution is 9.10. The van der Waals surface area contributed by atoms with Crippen LogP contribution < -0.4 is 19.6 Å². The molecule has 1 aliphatic rings. The molecule has 0 bridgehead atoms. The number of rotatable bonds is 7. The molecule has 0 radical (unpaired) electrons. The van der Waals surface area contributed by atoms with Crippen molar-refractivity contribution in [2.75, 3.05) is 13.2 Å². The van der Waals surface area contributed by atoms with Crippen molar-refractivity contribution in [1.29, 1.82) is 0 Å². The summed E-state index contributed by atoms with van der Waals surface area (Å²) in [5.74, 6) is 0.148. The highest BCUT2D eigenvalue weighted by Gasteiger charge is 2.33. The van der Waals surface area contributed by atoms with Crippen molar-refractivity contribution in [2.45, 2.75) is 19.9 Å². The second-order valence-corrected chi connectivity index (χ2v) is 10.5. The molecule has 9 heteroatoms. The Morgan fingerprint density at radius 2 is 1.91 bits per heavy atom. The van der Waals surface area contributed by atoms with E-state index in [4.69, 9.17) is 9.47 Å². The van der Waals surface area contributed by atoms with Gasteiger partial charge in [0.1, 0.15) is 12.4 Å². The van der Waals surface area contributed by atoms with Crippen LogP contribution in [0.3, 0.4) is 0 Å². The average Bonchev–Trinajstić information content (AvgIpc) is 3.12. The summed E-state index contributed by atoms with van der Waals surface area (Å²) in [6.45, 7) is 7.78. The zero-order chi connectivity index (χ0) is 25.1. The van der Waals surface area contributed by atoms with E-state index in [0.717, 1.165) is 20.1 Å². The van der Waals surface area contributed by atoms with Gasteiger partial charge in [-0.3, -0.25) is 9.36 Å². The molecule has 2 aromatic carbocycles. The first-order valence-electron chi connectivity index (χ1n) is 10.8. The van der Waals surface area contributed by atoms with Crippen LogP contribution in [0.1, 0.15) is 31.0 Å². The summed E-state index contributed by atoms with van der Waals surface area (Å²) in [6.07, 6.45) is 3.45. The number of benzene rings is 2. The monoisotopic (exact) mass is 616 g/mol. The third-order valence-corrected chi connectivity index (χ3v) is 7.32. The molecule has 1 atom stereocenters. The van der Waals surface area contributed by atoms with E-state index in [1.54, 1.807) is 30.6 Å². The van der Waals surface area contributed by atoms with Gasteiger partial charge in [0.2, 0.25) is 0 Å². The lowest BCUT2D eigenvalue weighted by atomic mass is 9.96. The Kier molecular flexibility index (Phi) is 7.88. The molecule has 0 saturated heterocycles. The quantitative estimate of drug-likeness (QED) is 0.280. The van der Waals surface area contributed by atoms with Crippen molar-refractivity contribution in [3.63, 3.8) is 0 Å². The first kappa shape index (κ1) is 25.3. The molecule has 1 unspecified atom stereocenters. The Bertz CT molecular complexity index is 1500. The first-order chi connectivity index (χ1) is 16.8. The second kappa shape index (κ2) is 10.9. The summed E-state index contributed by atoms with van der Waals surface area (Å²) in [4.78, 5) is 31.8. The van der Waals surface area contributed by atoms with Gasteiger partial charge in [-0.1, -0.05) is 68.0 Å². The van der Waals surface area contributed by atoms with Gasteiger partial charge in [-0.15, -0.1) is 0 Å². The smallest absolute Gasteiger partial charge is 0.338 e. The van der Waals surface area contributed by atoms with E-state index >= 15 is 0 Å². The van der Waals surface area contributed by atoms with Crippen LogP contribution in [0.25, 0.3) is 6.08 Å². The number of thiazole rings is 1. The molecule has 0 spiro atoms. The molecule has 180 valence electrons. The average molecular weight is 618 g/mol. The van der Waals surface area contributed by atoms with Gasteiger partial charge in [0, 0.05) is 14.5 Å². The Labute approximate surface area is 223 Å². The molecule has 0 N–H and O–H groups in total. The zero-order valence-corrected chi connectivity index (χ0v) is 23.1. The fourth-order valence-electron chi connectivity index (χ4n) is 3.81. The summed E-state index contributed by atoms with van der Waals surface area (Å²) in [5, 5.41) is 0. The van der Waals surface area contributed by atoms with E-state index < -0.39 is 12.0 Å². The molecule has 35 heavy (non-hydrogen) atoms. The van der Waals surface area contributed by atoms with Crippen molar-refractivity contribution in [3.05, 3.63) is 106 Å². The van der Waals surface area contributed by atoms with Crippen LogP contribution >= 0.6 is 43.2 Å². The van der Waals surface area contributed by atoms with Crippen molar-refractivity contribution >= 4 is 55.2 Å². The highest BCUT2D eigenvalue weighted by Crippen LogP contribution is 2.31. The molecule has 0 saturated carbocycles. The van der Waals surface area contributed by atoms with Crippen LogP contribution in [0.2, 0.25) is 0 Å². The van der Waals surface area contributed by atoms with Gasteiger partial charge in [-0.2, -0.15) is 0 Å². The number of ether oxygens (including phenoxy) is 2. The van der Waals surface area contributed by atoms with E-state index in [1.807, 2.05) is 42.5 Å². The van der Waals surface area contributed by atoms with Gasteiger partial charge in [-0.25, -0.2) is 9.79 Å². The number of aromatic nitrogens is 1. The lowest BCUT2D eigenvalue weighted by Gasteiger charge is -2.24. The Balaban J connectivity index is 1.94. The number of hydrogen-bond acceptors (Lipinski definition) is 6. The molecule has 6 nitrogen and oxygen atoms in total. The molecule has 4 rings (SSSR count). The van der Waals surface area contributed by atoms with Gasteiger partial charge in [-0.05, 0) is 55.8 Å². The second-order valence-electron chi connectivity index (χ2n) is 7.64. The van der Waals surface area contributed by atoms with Crippen molar-refractivity contribution in [1.82, 2.24) is 4.57 Å². The summed E-state index contributed by atoms with van der Waals surface area (Å²) in [5.41, 5.74) is 2.17. The first-order valence-corrected chi connectivity index (χ1v) is 13.2. The number of allylic oxidation sites excluding steroid dienone is 1. The Morgan fingerprint density at radius 1 is 1.20 bits per heavy atom. The third-order valence-electron chi connectivity index (χ3n) is 5.32. The van der Waals surface area contributed by atoms with Crippen LogP contribution in [0, 0.1) is 0 Å². The fraction of sp³-hybridized carbons (Fsp3) is 0.192. The maximum Gasteiger partial charge on any atom is 0.338 e. The van der Waals surface area contributed by atoms with E-state index in [1.165, 1.54) is 11.3 Å². The van der Waals surface area contributed by atoms with Crippen molar-refractivity contribution < 1.29 is 14.3 Å². The number of carbonyl (C=O) groups excluding carboxylic acids is 1. The number of hydrogen-bond donors (Lipinski definition) is 0. The van der Waals surface area contributed by atoms with Crippen LogP contribution in [-0.2, 0) is 9.53 Å². The lowest BCUT2D eigenvalue weighted by Crippen LogP contribution is -2.39. The maximum atomic E-state index is 13.7. The minimum atomic E-state index is -0.653. The largest absolute Gasteiger partial charge is 0.489 e. The van der Waals surface area contributed by atoms with E-state index in [9.17, 15) is 9.59 Å². The predicted octanol–water partition coefficient (Wildman–Crippen LogP) is 4.89. The molecule has 0 amide bonds. The number of halogens is 2. The predicted molar refractivity (Wildman–Crippen MR) is 144 cm³/mol. The van der Waals surface area contributed by atoms with Crippen LogP contribution in [0.4, 0.5) is 0 Å². The van der Waals surface area contributed by atoms with Crippen LogP contribution in [-0.4, -0.2) is 23.8 Å². The van der Waals surface area contributed by atoms with Crippen molar-refractivity contribution in [2.24, 2.45) is 4.99 Å².